The number of nitrogens with zero attached hydrogens (tertiary/aromatic N) is 3. The highest BCUT2D eigenvalue weighted by Gasteiger charge is 2.50. The van der Waals surface area contributed by atoms with Gasteiger partial charge in [-0.2, -0.15) is 5.26 Å². The minimum absolute atomic E-state index is 0.00397. The predicted octanol–water partition coefficient (Wildman–Crippen LogP) is 5.23. The van der Waals surface area contributed by atoms with E-state index in [0.29, 0.717) is 0 Å². The molecule has 0 spiro atoms. The second-order valence-corrected chi connectivity index (χ2v) is 8.72. The number of aliphatic hydroxyl groups is 1. The first kappa shape index (κ1) is 19.0. The number of hydrogen-bond donors (Lipinski definition) is 1. The van der Waals surface area contributed by atoms with Gasteiger partial charge in [0, 0.05) is 16.9 Å². The summed E-state index contributed by atoms with van der Waals surface area (Å²) in [6.45, 7) is -0.00397. The van der Waals surface area contributed by atoms with Gasteiger partial charge in [-0.1, -0.05) is 60.7 Å². The summed E-state index contributed by atoms with van der Waals surface area (Å²) in [5.41, 5.74) is 5.76. The average molecular weight is 414 g/mol. The summed E-state index contributed by atoms with van der Waals surface area (Å²) in [7, 11) is 0. The maximum absolute atomic E-state index is 10.1. The van der Waals surface area contributed by atoms with Crippen LogP contribution in [-0.2, 0) is 0 Å². The van der Waals surface area contributed by atoms with Gasteiger partial charge in [-0.25, -0.2) is 4.98 Å². The molecule has 0 saturated carbocycles. The van der Waals surface area contributed by atoms with Gasteiger partial charge in [0.2, 0.25) is 0 Å². The fraction of sp³-hybridized carbons (Fsp3) is 0.280. The zero-order chi connectivity index (χ0) is 20.5. The van der Waals surface area contributed by atoms with Gasteiger partial charge in [0.1, 0.15) is 6.04 Å². The van der Waals surface area contributed by atoms with E-state index in [0.717, 1.165) is 34.8 Å². The van der Waals surface area contributed by atoms with Crippen LogP contribution in [0.15, 0.2) is 66.1 Å². The highest BCUT2D eigenvalue weighted by Crippen LogP contribution is 2.45. The molecule has 5 rings (SSSR count). The Labute approximate surface area is 180 Å². The molecule has 3 atom stereocenters. The molecule has 150 valence electrons. The Morgan fingerprint density at radius 2 is 1.90 bits per heavy atom. The molecule has 2 aromatic carbocycles. The number of benzene rings is 2. The molecule has 1 aliphatic carbocycles. The monoisotopic (exact) mass is 413 g/mol. The predicted molar refractivity (Wildman–Crippen MR) is 121 cm³/mol. The third-order valence-electron chi connectivity index (χ3n) is 6.22. The smallest absolute Gasteiger partial charge is 0.187 e. The standard InChI is InChI=1S/C25H23N3OS/c26-14-22-24(20-12-10-18(11-13-20)17-6-4-5-7-17)23(15-29)28(22)25-27-21(16-30-25)19-8-2-1-3-9-19/h1-3,6,8-13,16,22-24,29H,4-5,7,15H2/t22-,23-,24-/m0/s1. The molecule has 1 aromatic heterocycles. The van der Waals surface area contributed by atoms with Crippen molar-refractivity contribution in [2.24, 2.45) is 0 Å². The minimum atomic E-state index is -0.325. The normalized spacial score (nSPS) is 23.0. The lowest BCUT2D eigenvalue weighted by Crippen LogP contribution is -2.63. The molecular weight excluding hydrogens is 390 g/mol. The Balaban J connectivity index is 1.40. The van der Waals surface area contributed by atoms with E-state index in [1.807, 2.05) is 40.6 Å². The number of allylic oxidation sites excluding steroid dienone is 2. The number of anilines is 1. The summed E-state index contributed by atoms with van der Waals surface area (Å²) in [5.74, 6) is -0.0179. The van der Waals surface area contributed by atoms with Crippen LogP contribution in [0.4, 0.5) is 5.13 Å². The SMILES string of the molecule is N#C[C@H]1[C@H](c2ccc(C3=CCCC3)cc2)[C@H](CO)N1c1nc(-c2ccccc2)cs1. The van der Waals surface area contributed by atoms with Gasteiger partial charge in [-0.05, 0) is 36.0 Å². The molecule has 3 aromatic rings. The quantitative estimate of drug-likeness (QED) is 0.622. The molecule has 5 heteroatoms. The number of nitriles is 1. The third kappa shape index (κ3) is 3.23. The second kappa shape index (κ2) is 8.06. The van der Waals surface area contributed by atoms with Gasteiger partial charge in [0.25, 0.3) is 0 Å². The van der Waals surface area contributed by atoms with E-state index in [-0.39, 0.29) is 24.6 Å². The summed E-state index contributed by atoms with van der Waals surface area (Å²) < 4.78 is 0. The molecule has 1 saturated heterocycles. The van der Waals surface area contributed by atoms with Crippen LogP contribution in [0.3, 0.4) is 0 Å². The lowest BCUT2D eigenvalue weighted by molar-refractivity contribution is 0.187. The van der Waals surface area contributed by atoms with Crippen LogP contribution >= 0.6 is 11.3 Å². The third-order valence-corrected chi connectivity index (χ3v) is 7.07. The Bertz CT molecular complexity index is 1100. The summed E-state index contributed by atoms with van der Waals surface area (Å²) in [5, 5.41) is 22.9. The van der Waals surface area contributed by atoms with Crippen LogP contribution in [-0.4, -0.2) is 28.8 Å². The lowest BCUT2D eigenvalue weighted by Gasteiger charge is -2.51. The van der Waals surface area contributed by atoms with Crippen LogP contribution in [0.25, 0.3) is 16.8 Å². The maximum Gasteiger partial charge on any atom is 0.187 e. The van der Waals surface area contributed by atoms with Gasteiger partial charge in [-0.3, -0.25) is 0 Å². The summed E-state index contributed by atoms with van der Waals surface area (Å²) in [4.78, 5) is 6.75. The highest BCUT2D eigenvalue weighted by molar-refractivity contribution is 7.14. The molecule has 0 unspecified atom stereocenters. The molecule has 4 nitrogen and oxygen atoms in total. The Kier molecular flexibility index (Phi) is 5.12. The molecule has 2 aliphatic rings. The minimum Gasteiger partial charge on any atom is -0.394 e. The van der Waals surface area contributed by atoms with Crippen molar-refractivity contribution in [2.45, 2.75) is 37.3 Å². The van der Waals surface area contributed by atoms with Gasteiger partial charge in [0.15, 0.2) is 5.13 Å². The number of thiazole rings is 1. The summed E-state index contributed by atoms with van der Waals surface area (Å²) in [6, 6.07) is 20.6. The molecular formula is C25H23N3OS. The maximum atomic E-state index is 10.1. The topological polar surface area (TPSA) is 60.1 Å². The van der Waals surface area contributed by atoms with E-state index in [2.05, 4.69) is 36.4 Å². The molecule has 0 amide bonds. The van der Waals surface area contributed by atoms with E-state index in [1.54, 1.807) is 0 Å². The zero-order valence-electron chi connectivity index (χ0n) is 16.6. The zero-order valence-corrected chi connectivity index (χ0v) is 17.4. The lowest BCUT2D eigenvalue weighted by atomic mass is 9.76. The Morgan fingerprint density at radius 1 is 1.10 bits per heavy atom. The van der Waals surface area contributed by atoms with Crippen LogP contribution in [0.1, 0.15) is 36.3 Å². The number of aromatic nitrogens is 1. The van der Waals surface area contributed by atoms with Crippen LogP contribution in [0.5, 0.6) is 0 Å². The largest absolute Gasteiger partial charge is 0.394 e. The molecule has 2 heterocycles. The fourth-order valence-corrected chi connectivity index (χ4v) is 5.57. The second-order valence-electron chi connectivity index (χ2n) is 7.88. The van der Waals surface area contributed by atoms with E-state index in [9.17, 15) is 10.4 Å². The molecule has 1 aliphatic heterocycles. The Morgan fingerprint density at radius 3 is 2.57 bits per heavy atom. The van der Waals surface area contributed by atoms with E-state index in [4.69, 9.17) is 4.98 Å². The van der Waals surface area contributed by atoms with Crippen molar-refractivity contribution >= 4 is 22.0 Å². The van der Waals surface area contributed by atoms with Gasteiger partial charge >= 0.3 is 0 Å². The number of rotatable bonds is 5. The summed E-state index contributed by atoms with van der Waals surface area (Å²) in [6.07, 6.45) is 5.86. The fourth-order valence-electron chi connectivity index (χ4n) is 4.65. The Hall–Kier alpha value is -2.94. The molecule has 1 fully saturated rings. The van der Waals surface area contributed by atoms with Crippen molar-refractivity contribution in [2.75, 3.05) is 11.5 Å². The van der Waals surface area contributed by atoms with Crippen LogP contribution in [0.2, 0.25) is 0 Å². The first-order valence-corrected chi connectivity index (χ1v) is 11.3. The number of aliphatic hydroxyl groups excluding tert-OH is 1. The molecule has 1 N–H and O–H groups in total. The van der Waals surface area contributed by atoms with Crippen LogP contribution < -0.4 is 4.90 Å². The van der Waals surface area contributed by atoms with Crippen molar-refractivity contribution in [1.82, 2.24) is 4.98 Å². The van der Waals surface area contributed by atoms with Gasteiger partial charge < -0.3 is 10.0 Å². The van der Waals surface area contributed by atoms with Crippen molar-refractivity contribution in [3.05, 3.63) is 77.2 Å². The molecule has 0 radical (unpaired) electrons. The number of hydrogen-bond acceptors (Lipinski definition) is 5. The van der Waals surface area contributed by atoms with E-state index in [1.165, 1.54) is 28.9 Å². The summed E-state index contributed by atoms with van der Waals surface area (Å²) >= 11 is 1.53. The highest BCUT2D eigenvalue weighted by atomic mass is 32.1. The van der Waals surface area contributed by atoms with Gasteiger partial charge in [-0.15, -0.1) is 11.3 Å². The van der Waals surface area contributed by atoms with Gasteiger partial charge in [0.05, 0.1) is 24.4 Å². The first-order valence-electron chi connectivity index (χ1n) is 10.4. The molecule has 0 bridgehead atoms. The van der Waals surface area contributed by atoms with E-state index < -0.39 is 0 Å². The average Bonchev–Trinajstić information content (AvgIpc) is 3.48. The van der Waals surface area contributed by atoms with Crippen LogP contribution in [0, 0.1) is 11.3 Å². The molecule has 30 heavy (non-hydrogen) atoms. The van der Waals surface area contributed by atoms with Crippen molar-refractivity contribution in [3.63, 3.8) is 0 Å². The first-order chi connectivity index (χ1) is 14.8. The van der Waals surface area contributed by atoms with Crippen molar-refractivity contribution in [3.8, 4) is 17.3 Å². The van der Waals surface area contributed by atoms with Crippen molar-refractivity contribution in [1.29, 1.82) is 5.26 Å². The van der Waals surface area contributed by atoms with Crippen molar-refractivity contribution < 1.29 is 5.11 Å². The van der Waals surface area contributed by atoms with E-state index >= 15 is 0 Å².